The van der Waals surface area contributed by atoms with Crippen molar-refractivity contribution in [1.82, 2.24) is 25.9 Å². The van der Waals surface area contributed by atoms with Crippen LogP contribution in [0.2, 0.25) is 15.1 Å². The summed E-state index contributed by atoms with van der Waals surface area (Å²) in [5, 5.41) is 21.8. The molecule has 1 aromatic heterocycles. The second-order valence-electron chi connectivity index (χ2n) is 12.8. The minimum atomic E-state index is -0.267. The number of nitriles is 1. The van der Waals surface area contributed by atoms with Gasteiger partial charge in [0.15, 0.2) is 0 Å². The number of benzene rings is 3. The van der Waals surface area contributed by atoms with Crippen molar-refractivity contribution in [2.75, 3.05) is 23.7 Å². The lowest BCUT2D eigenvalue weighted by Crippen LogP contribution is -2.52. The van der Waals surface area contributed by atoms with Gasteiger partial charge in [-0.2, -0.15) is 5.26 Å². The molecule has 2 aliphatic rings. The Bertz CT molecular complexity index is 1820. The third kappa shape index (κ3) is 6.71. The number of hydrogen-bond donors (Lipinski definition) is 4. The first-order valence-corrected chi connectivity index (χ1v) is 16.5. The van der Waals surface area contributed by atoms with E-state index in [1.807, 2.05) is 61.5 Å². The number of piperidine rings is 1. The Kier molecular flexibility index (Phi) is 9.24. The zero-order chi connectivity index (χ0) is 32.6. The summed E-state index contributed by atoms with van der Waals surface area (Å²) in [5.74, 6) is 0. The van der Waals surface area contributed by atoms with Crippen LogP contribution < -0.4 is 21.6 Å². The van der Waals surface area contributed by atoms with Gasteiger partial charge in [0.1, 0.15) is 6.07 Å². The van der Waals surface area contributed by atoms with Crippen LogP contribution >= 0.6 is 34.8 Å². The zero-order valence-corrected chi connectivity index (χ0v) is 28.5. The minimum absolute atomic E-state index is 0.166. The van der Waals surface area contributed by atoms with E-state index in [1.165, 1.54) is 0 Å². The quantitative estimate of drug-likeness (QED) is 0.155. The highest BCUT2D eigenvalue weighted by atomic mass is 35.5. The molecule has 0 radical (unpaired) electrons. The maximum atomic E-state index is 10.0. The minimum Gasteiger partial charge on any atom is -0.373 e. The Balaban J connectivity index is 1.35. The number of hydrogen-bond acceptors (Lipinski definition) is 8. The Hall–Kier alpha value is -3.71. The average Bonchev–Trinajstić information content (AvgIpc) is 3.53. The van der Waals surface area contributed by atoms with Crippen molar-refractivity contribution in [3.8, 4) is 6.07 Å². The van der Waals surface area contributed by atoms with Gasteiger partial charge in [-0.1, -0.05) is 53.0 Å². The van der Waals surface area contributed by atoms with Crippen molar-refractivity contribution in [2.45, 2.75) is 58.2 Å². The lowest BCUT2D eigenvalue weighted by molar-refractivity contribution is 0.0570. The zero-order valence-electron chi connectivity index (χ0n) is 26.3. The van der Waals surface area contributed by atoms with E-state index >= 15 is 0 Å². The van der Waals surface area contributed by atoms with Crippen LogP contribution in [0.4, 0.5) is 17.1 Å². The molecule has 46 heavy (non-hydrogen) atoms. The molecule has 0 bridgehead atoms. The van der Waals surface area contributed by atoms with Crippen molar-refractivity contribution < 1.29 is 0 Å². The molecule has 238 valence electrons. The summed E-state index contributed by atoms with van der Waals surface area (Å²) in [7, 11) is 0. The maximum absolute atomic E-state index is 10.0. The fraction of sp³-hybridized carbons (Fsp3) is 0.314. The van der Waals surface area contributed by atoms with Crippen molar-refractivity contribution in [3.05, 3.63) is 104 Å². The van der Waals surface area contributed by atoms with Crippen LogP contribution in [0.3, 0.4) is 0 Å². The smallest absolute Gasteiger partial charge is 0.103 e. The second kappa shape index (κ2) is 13.2. The molecule has 0 amide bonds. The lowest BCUT2D eigenvalue weighted by Gasteiger charge is -2.42. The van der Waals surface area contributed by atoms with Crippen molar-refractivity contribution in [1.29, 1.82) is 5.26 Å². The van der Waals surface area contributed by atoms with E-state index in [4.69, 9.17) is 34.8 Å². The number of fused-ring (bicyclic) bond motifs is 1. The van der Waals surface area contributed by atoms with Crippen molar-refractivity contribution >= 4 is 62.8 Å². The first-order valence-electron chi connectivity index (χ1n) is 15.3. The standard InChI is InChI=1S/C35H37Cl3N8/c1-21-28(37)6-5-7-30(21)42-32-23(18-39)19-40-34-27(32)16-25(17-29(34)38)41-33(22-8-10-24(36)11-9-22)31-20-46(44-43-31)26-12-14-45(15-13-26)35(2,3)4/h5-11,16-17,19-20,26,33,41,43-44H,12-15H2,1-4H3,(H,40,42)/t33-/m0/s1. The molecule has 3 heterocycles. The van der Waals surface area contributed by atoms with Crippen LogP contribution in [0.5, 0.6) is 0 Å². The Morgan fingerprint density at radius 2 is 1.76 bits per heavy atom. The first-order chi connectivity index (χ1) is 22.0. The molecule has 1 atom stereocenters. The van der Waals surface area contributed by atoms with Gasteiger partial charge in [-0.25, -0.2) is 0 Å². The van der Waals surface area contributed by atoms with E-state index < -0.39 is 0 Å². The summed E-state index contributed by atoms with van der Waals surface area (Å²) in [6.45, 7) is 10.9. The lowest BCUT2D eigenvalue weighted by atomic mass is 9.98. The van der Waals surface area contributed by atoms with E-state index in [1.54, 1.807) is 6.20 Å². The molecule has 1 fully saturated rings. The fourth-order valence-corrected chi connectivity index (χ4v) is 6.67. The average molecular weight is 676 g/mol. The molecule has 0 saturated carbocycles. The topological polar surface area (TPSA) is 91.3 Å². The monoisotopic (exact) mass is 674 g/mol. The number of anilines is 3. The molecule has 4 N–H and O–H groups in total. The normalized spacial score (nSPS) is 16.6. The number of aromatic nitrogens is 1. The molecule has 0 spiro atoms. The summed E-state index contributed by atoms with van der Waals surface area (Å²) >= 11 is 19.6. The number of pyridine rings is 1. The van der Waals surface area contributed by atoms with E-state index in [0.717, 1.165) is 54.1 Å². The molecule has 2 aliphatic heterocycles. The Morgan fingerprint density at radius 3 is 2.46 bits per heavy atom. The molecule has 8 nitrogen and oxygen atoms in total. The number of likely N-dealkylation sites (tertiary alicyclic amines) is 1. The van der Waals surface area contributed by atoms with Crippen LogP contribution in [0, 0.1) is 18.3 Å². The van der Waals surface area contributed by atoms with E-state index in [0.29, 0.717) is 43.3 Å². The van der Waals surface area contributed by atoms with E-state index in [-0.39, 0.29) is 11.6 Å². The predicted molar refractivity (Wildman–Crippen MR) is 189 cm³/mol. The summed E-state index contributed by atoms with van der Waals surface area (Å²) in [6.07, 6.45) is 5.81. The van der Waals surface area contributed by atoms with Gasteiger partial charge >= 0.3 is 0 Å². The summed E-state index contributed by atoms with van der Waals surface area (Å²) < 4.78 is 0. The molecular formula is C35H37Cl3N8. The van der Waals surface area contributed by atoms with Crippen LogP contribution in [-0.2, 0) is 0 Å². The van der Waals surface area contributed by atoms with Gasteiger partial charge in [0.05, 0.1) is 33.5 Å². The van der Waals surface area contributed by atoms with E-state index in [9.17, 15) is 5.26 Å². The largest absolute Gasteiger partial charge is 0.373 e. The van der Waals surface area contributed by atoms with Gasteiger partial charge in [-0.3, -0.25) is 14.9 Å². The summed E-state index contributed by atoms with van der Waals surface area (Å²) in [6, 6.07) is 19.7. The fourth-order valence-electron chi connectivity index (χ4n) is 6.10. The Labute approximate surface area is 285 Å². The number of nitrogens with one attached hydrogen (secondary N) is 4. The number of hydrazine groups is 2. The predicted octanol–water partition coefficient (Wildman–Crippen LogP) is 8.70. The molecule has 0 aliphatic carbocycles. The molecule has 0 unspecified atom stereocenters. The van der Waals surface area contributed by atoms with Gasteiger partial charge in [0.25, 0.3) is 0 Å². The highest BCUT2D eigenvalue weighted by Gasteiger charge is 2.32. The third-order valence-electron chi connectivity index (χ3n) is 8.81. The van der Waals surface area contributed by atoms with Crippen molar-refractivity contribution in [3.63, 3.8) is 0 Å². The molecule has 6 rings (SSSR count). The van der Waals surface area contributed by atoms with Crippen LogP contribution in [-0.4, -0.2) is 39.6 Å². The molecule has 3 aromatic carbocycles. The SMILES string of the molecule is Cc1c(Cl)cccc1Nc1c(C#N)cnc2c(Cl)cc(N[C@H](C3=CN(C4CCN(C(C)(C)C)CC4)NN3)c3ccc(Cl)cc3)cc12. The number of rotatable bonds is 7. The summed E-state index contributed by atoms with van der Waals surface area (Å²) in [4.78, 5) is 7.08. The highest BCUT2D eigenvalue weighted by Crippen LogP contribution is 2.38. The number of nitrogens with zero attached hydrogens (tertiary/aromatic N) is 4. The summed E-state index contributed by atoms with van der Waals surface area (Å²) in [5.41, 5.74) is 13.0. The number of halogens is 3. The Morgan fingerprint density at radius 1 is 1.02 bits per heavy atom. The van der Waals surface area contributed by atoms with Gasteiger partial charge in [-0.15, -0.1) is 5.53 Å². The van der Waals surface area contributed by atoms with Gasteiger partial charge in [0.2, 0.25) is 0 Å². The van der Waals surface area contributed by atoms with E-state index in [2.05, 4.69) is 69.5 Å². The maximum Gasteiger partial charge on any atom is 0.103 e. The van der Waals surface area contributed by atoms with Gasteiger partial charge in [0, 0.05) is 63.9 Å². The molecule has 1 saturated heterocycles. The van der Waals surface area contributed by atoms with Crippen LogP contribution in [0.15, 0.2) is 72.7 Å². The van der Waals surface area contributed by atoms with Gasteiger partial charge < -0.3 is 16.1 Å². The van der Waals surface area contributed by atoms with Crippen LogP contribution in [0.1, 0.15) is 56.3 Å². The molecular weight excluding hydrogens is 639 g/mol. The second-order valence-corrected chi connectivity index (χ2v) is 14.0. The third-order valence-corrected chi connectivity index (χ3v) is 9.76. The molecule has 4 aromatic rings. The highest BCUT2D eigenvalue weighted by molar-refractivity contribution is 6.36. The van der Waals surface area contributed by atoms with Crippen molar-refractivity contribution in [2.24, 2.45) is 0 Å². The van der Waals surface area contributed by atoms with Gasteiger partial charge in [-0.05, 0) is 88.1 Å². The molecule has 11 heteroatoms. The van der Waals surface area contributed by atoms with Crippen LogP contribution in [0.25, 0.3) is 10.9 Å². The first kappa shape index (κ1) is 32.2.